The first-order valence-corrected chi connectivity index (χ1v) is 6.45. The van der Waals surface area contributed by atoms with Gasteiger partial charge in [-0.1, -0.05) is 0 Å². The molecule has 1 atom stereocenters. The van der Waals surface area contributed by atoms with E-state index in [9.17, 15) is 18.0 Å². The zero-order chi connectivity index (χ0) is 16.2. The molecule has 0 aliphatic heterocycles. The monoisotopic (exact) mass is 308 g/mol. The van der Waals surface area contributed by atoms with Gasteiger partial charge in [0.1, 0.15) is 11.8 Å². The van der Waals surface area contributed by atoms with Gasteiger partial charge >= 0.3 is 6.18 Å². The summed E-state index contributed by atoms with van der Waals surface area (Å²) in [6.45, 7) is 3.25. The molecule has 21 heavy (non-hydrogen) atoms. The number of anilines is 1. The van der Waals surface area contributed by atoms with Crippen LogP contribution in [0.3, 0.4) is 0 Å². The van der Waals surface area contributed by atoms with Gasteiger partial charge in [-0.3, -0.25) is 4.79 Å². The van der Waals surface area contributed by atoms with Crippen LogP contribution in [0, 0.1) is 6.92 Å². The highest BCUT2D eigenvalue weighted by molar-refractivity contribution is 5.44. The Hall–Kier alpha value is -1.86. The second-order valence-corrected chi connectivity index (χ2v) is 4.78. The summed E-state index contributed by atoms with van der Waals surface area (Å²) in [6.07, 6.45) is -3.99. The molecule has 0 fully saturated rings. The predicted octanol–water partition coefficient (Wildman–Crippen LogP) is 2.30. The molecular weight excluding hydrogens is 289 g/mol. The average molecular weight is 308 g/mol. The van der Waals surface area contributed by atoms with E-state index in [0.29, 0.717) is 5.69 Å². The number of nitrogen functional groups attached to an aromatic ring is 1. The van der Waals surface area contributed by atoms with Crippen LogP contribution in [0.4, 0.5) is 18.9 Å². The summed E-state index contributed by atoms with van der Waals surface area (Å²) in [7, 11) is 1.33. The van der Waals surface area contributed by atoms with E-state index in [4.69, 9.17) is 15.3 Å². The van der Waals surface area contributed by atoms with Gasteiger partial charge in [-0.15, -0.1) is 0 Å². The molecule has 1 aromatic rings. The van der Waals surface area contributed by atoms with E-state index < -0.39 is 24.1 Å². The van der Waals surface area contributed by atoms with Gasteiger partial charge in [-0.2, -0.15) is 17.9 Å². The standard InChI is InChI=1S/C13H19F3N2O3/c1-8(5-4-6-13(14,15)16)21-18-7-10(17)11(19)12(20-3)9(18)2/h7-8H,4-6,17H2,1-3H3. The van der Waals surface area contributed by atoms with Gasteiger partial charge in [0.2, 0.25) is 5.43 Å². The van der Waals surface area contributed by atoms with Crippen LogP contribution < -0.4 is 20.7 Å². The number of aromatic nitrogens is 1. The third-order valence-electron chi connectivity index (χ3n) is 2.95. The van der Waals surface area contributed by atoms with Gasteiger partial charge in [0, 0.05) is 6.42 Å². The summed E-state index contributed by atoms with van der Waals surface area (Å²) in [5, 5.41) is 0. The van der Waals surface area contributed by atoms with E-state index in [1.165, 1.54) is 18.0 Å². The van der Waals surface area contributed by atoms with Crippen molar-refractivity contribution in [3.63, 3.8) is 0 Å². The van der Waals surface area contributed by atoms with Crippen LogP contribution >= 0.6 is 0 Å². The number of rotatable bonds is 6. The fraction of sp³-hybridized carbons (Fsp3) is 0.615. The molecule has 5 nitrogen and oxygen atoms in total. The van der Waals surface area contributed by atoms with Crippen molar-refractivity contribution >= 4 is 5.69 Å². The van der Waals surface area contributed by atoms with E-state index >= 15 is 0 Å². The largest absolute Gasteiger partial charge is 0.491 e. The minimum absolute atomic E-state index is 0.0312. The average Bonchev–Trinajstić information content (AvgIpc) is 2.35. The van der Waals surface area contributed by atoms with Crippen LogP contribution in [0.2, 0.25) is 0 Å². The Morgan fingerprint density at radius 2 is 2.05 bits per heavy atom. The third-order valence-corrected chi connectivity index (χ3v) is 2.95. The SMILES string of the molecule is COc1c(C)n(OC(C)CCCC(F)(F)F)cc(N)c1=O. The summed E-state index contributed by atoms with van der Waals surface area (Å²) >= 11 is 0. The predicted molar refractivity (Wildman–Crippen MR) is 72.4 cm³/mol. The van der Waals surface area contributed by atoms with Crippen molar-refractivity contribution in [1.29, 1.82) is 0 Å². The van der Waals surface area contributed by atoms with Crippen LogP contribution in [0.25, 0.3) is 0 Å². The summed E-state index contributed by atoms with van der Waals surface area (Å²) < 4.78 is 42.5. The van der Waals surface area contributed by atoms with Crippen molar-refractivity contribution in [1.82, 2.24) is 4.73 Å². The smallest absolute Gasteiger partial charge is 0.389 e. The van der Waals surface area contributed by atoms with Crippen LogP contribution in [-0.2, 0) is 0 Å². The van der Waals surface area contributed by atoms with E-state index in [2.05, 4.69) is 0 Å². The van der Waals surface area contributed by atoms with E-state index in [0.717, 1.165) is 0 Å². The van der Waals surface area contributed by atoms with E-state index in [-0.39, 0.29) is 24.3 Å². The van der Waals surface area contributed by atoms with E-state index in [1.807, 2.05) is 0 Å². The Balaban J connectivity index is 2.75. The van der Waals surface area contributed by atoms with Crippen molar-refractivity contribution in [3.05, 3.63) is 22.1 Å². The zero-order valence-electron chi connectivity index (χ0n) is 12.2. The maximum atomic E-state index is 12.1. The lowest BCUT2D eigenvalue weighted by Gasteiger charge is -2.20. The topological polar surface area (TPSA) is 66.5 Å². The lowest BCUT2D eigenvalue weighted by atomic mass is 10.2. The molecule has 0 saturated carbocycles. The Morgan fingerprint density at radius 3 is 2.57 bits per heavy atom. The first-order chi connectivity index (χ1) is 9.65. The van der Waals surface area contributed by atoms with E-state index in [1.54, 1.807) is 13.8 Å². The lowest BCUT2D eigenvalue weighted by Crippen LogP contribution is -2.27. The van der Waals surface area contributed by atoms with Crippen molar-refractivity contribution < 1.29 is 22.7 Å². The van der Waals surface area contributed by atoms with Crippen molar-refractivity contribution in [2.45, 2.75) is 45.4 Å². The minimum Gasteiger partial charge on any atom is -0.491 e. The third kappa shape index (κ3) is 4.87. The first kappa shape index (κ1) is 17.2. The molecule has 0 aliphatic carbocycles. The van der Waals surface area contributed by atoms with Gasteiger partial charge in [-0.05, 0) is 26.7 Å². The molecule has 0 aromatic carbocycles. The maximum absolute atomic E-state index is 12.1. The summed E-state index contributed by atoms with van der Waals surface area (Å²) in [4.78, 5) is 17.2. The van der Waals surface area contributed by atoms with Crippen molar-refractivity contribution in [2.24, 2.45) is 0 Å². The fourth-order valence-electron chi connectivity index (χ4n) is 1.86. The molecule has 1 rings (SSSR count). The van der Waals surface area contributed by atoms with Crippen molar-refractivity contribution in [3.8, 4) is 5.75 Å². The number of methoxy groups -OCH3 is 1. The number of hydrogen-bond donors (Lipinski definition) is 1. The number of alkyl halides is 3. The molecular formula is C13H19F3N2O3. The normalized spacial score (nSPS) is 13.0. The van der Waals surface area contributed by atoms with Crippen LogP contribution in [0.1, 0.15) is 31.9 Å². The Morgan fingerprint density at radius 1 is 1.43 bits per heavy atom. The minimum atomic E-state index is -4.17. The Kier molecular flexibility index (Phi) is 5.51. The van der Waals surface area contributed by atoms with Gasteiger partial charge in [-0.25, -0.2) is 0 Å². The van der Waals surface area contributed by atoms with Gasteiger partial charge in [0.25, 0.3) is 0 Å². The zero-order valence-corrected chi connectivity index (χ0v) is 12.2. The second-order valence-electron chi connectivity index (χ2n) is 4.78. The molecule has 0 saturated heterocycles. The molecule has 8 heteroatoms. The summed E-state index contributed by atoms with van der Waals surface area (Å²) in [6, 6.07) is 0. The number of nitrogens with zero attached hydrogens (tertiary/aromatic N) is 1. The lowest BCUT2D eigenvalue weighted by molar-refractivity contribution is -0.136. The fourth-order valence-corrected chi connectivity index (χ4v) is 1.86. The second kappa shape index (κ2) is 6.73. The highest BCUT2D eigenvalue weighted by Crippen LogP contribution is 2.23. The van der Waals surface area contributed by atoms with Crippen LogP contribution in [-0.4, -0.2) is 24.1 Å². The van der Waals surface area contributed by atoms with Crippen molar-refractivity contribution in [2.75, 3.05) is 12.8 Å². The Labute approximate surface area is 120 Å². The number of nitrogens with two attached hydrogens (primary N) is 1. The molecule has 0 spiro atoms. The maximum Gasteiger partial charge on any atom is 0.389 e. The van der Waals surface area contributed by atoms with Gasteiger partial charge < -0.3 is 15.3 Å². The number of hydrogen-bond acceptors (Lipinski definition) is 4. The molecule has 1 aromatic heterocycles. The van der Waals surface area contributed by atoms with Crippen LogP contribution in [0.15, 0.2) is 11.0 Å². The highest BCUT2D eigenvalue weighted by atomic mass is 19.4. The molecule has 2 N–H and O–H groups in total. The highest BCUT2D eigenvalue weighted by Gasteiger charge is 2.26. The number of ether oxygens (including phenoxy) is 1. The molecule has 120 valence electrons. The molecule has 0 radical (unpaired) electrons. The molecule has 1 unspecified atom stereocenters. The first-order valence-electron chi connectivity index (χ1n) is 6.45. The molecule has 0 bridgehead atoms. The van der Waals surface area contributed by atoms with Crippen LogP contribution in [0.5, 0.6) is 5.75 Å². The van der Waals surface area contributed by atoms with Gasteiger partial charge in [0.05, 0.1) is 19.0 Å². The molecule has 0 aliphatic rings. The summed E-state index contributed by atoms with van der Waals surface area (Å²) in [5.74, 6) is 0.0532. The quantitative estimate of drug-likeness (QED) is 0.875. The molecule has 0 amide bonds. The molecule has 1 heterocycles. The number of pyridine rings is 1. The summed E-state index contributed by atoms with van der Waals surface area (Å²) in [5.41, 5.74) is 5.46. The van der Waals surface area contributed by atoms with Gasteiger partial charge in [0.15, 0.2) is 5.75 Å². The Bertz CT molecular complexity index is 541. The number of halogens is 3.